The van der Waals surface area contributed by atoms with Gasteiger partial charge in [0.1, 0.15) is 22.3 Å². The van der Waals surface area contributed by atoms with Crippen LogP contribution in [0.5, 0.6) is 5.75 Å². The predicted octanol–water partition coefficient (Wildman–Crippen LogP) is 6.28. The molecule has 3 heterocycles. The van der Waals surface area contributed by atoms with Gasteiger partial charge >= 0.3 is 0 Å². The second-order valence-electron chi connectivity index (χ2n) is 13.2. The largest absolute Gasteiger partial charge is 0.488 e. The van der Waals surface area contributed by atoms with E-state index < -0.39 is 15.6 Å². The molecule has 2 aromatic heterocycles. The van der Waals surface area contributed by atoms with Crippen molar-refractivity contribution in [3.8, 4) is 5.75 Å². The average Bonchev–Trinajstić information content (AvgIpc) is 3.49. The van der Waals surface area contributed by atoms with Gasteiger partial charge in [0.15, 0.2) is 5.16 Å². The minimum Gasteiger partial charge on any atom is -0.488 e. The van der Waals surface area contributed by atoms with Crippen LogP contribution in [0.25, 0.3) is 11.0 Å². The number of fused-ring (bicyclic) bond motifs is 2. The van der Waals surface area contributed by atoms with Crippen molar-refractivity contribution >= 4 is 38.7 Å². The number of sulfonamides is 1. The van der Waals surface area contributed by atoms with Crippen LogP contribution >= 0.6 is 11.8 Å². The molecule has 0 saturated carbocycles. The number of nitrogens with zero attached hydrogens (tertiary/aromatic N) is 6. The molecule has 1 N–H and O–H groups in total. The van der Waals surface area contributed by atoms with E-state index in [1.807, 2.05) is 64.6 Å². The Morgan fingerprint density at radius 3 is 2.52 bits per heavy atom. The molecule has 6 rings (SSSR count). The van der Waals surface area contributed by atoms with Gasteiger partial charge in [0, 0.05) is 36.9 Å². The van der Waals surface area contributed by atoms with Crippen LogP contribution in [0.3, 0.4) is 0 Å². The van der Waals surface area contributed by atoms with Crippen LogP contribution in [-0.4, -0.2) is 68.0 Å². The van der Waals surface area contributed by atoms with Gasteiger partial charge in [0.25, 0.3) is 5.91 Å². The fourth-order valence-electron chi connectivity index (χ4n) is 6.73. The van der Waals surface area contributed by atoms with Gasteiger partial charge in [-0.2, -0.15) is 4.31 Å². The van der Waals surface area contributed by atoms with Gasteiger partial charge in [-0.05, 0) is 93.3 Å². The van der Waals surface area contributed by atoms with E-state index in [9.17, 15) is 13.2 Å². The molecule has 3 aromatic carbocycles. The highest BCUT2D eigenvalue weighted by Crippen LogP contribution is 2.40. The Morgan fingerprint density at radius 1 is 1.08 bits per heavy atom. The first-order chi connectivity index (χ1) is 23.9. The summed E-state index contributed by atoms with van der Waals surface area (Å²) in [5.74, 6) is -0.277. The SMILES string of the molecule is CC[C@@H]1CN(Cc2cc(C(c3ccc4c(nnn4CC)c3C)C(C)(C)NC(=O)c3cnc(SC)nc3)ccc2C)S(=O)(=O)c2ccccc2O1. The highest BCUT2D eigenvalue weighted by Gasteiger charge is 2.38. The topological polar surface area (TPSA) is 132 Å². The minimum atomic E-state index is -3.85. The number of hydrogen-bond donors (Lipinski definition) is 1. The van der Waals surface area contributed by atoms with E-state index in [0.29, 0.717) is 29.4 Å². The first kappa shape index (κ1) is 35.5. The molecule has 0 bridgehead atoms. The summed E-state index contributed by atoms with van der Waals surface area (Å²) in [7, 11) is -3.85. The Hall–Kier alpha value is -4.33. The predicted molar refractivity (Wildman–Crippen MR) is 195 cm³/mol. The van der Waals surface area contributed by atoms with Crippen LogP contribution in [0.2, 0.25) is 0 Å². The number of aryl methyl sites for hydroxylation is 3. The lowest BCUT2D eigenvalue weighted by atomic mass is 9.74. The number of rotatable bonds is 10. The molecule has 11 nitrogen and oxygen atoms in total. The third-order valence-corrected chi connectivity index (χ3v) is 11.9. The Bertz CT molecular complexity index is 2150. The zero-order valence-corrected chi connectivity index (χ0v) is 31.1. The zero-order valence-electron chi connectivity index (χ0n) is 29.5. The Labute approximate surface area is 297 Å². The molecule has 0 aliphatic carbocycles. The lowest BCUT2D eigenvalue weighted by Gasteiger charge is -2.37. The van der Waals surface area contributed by atoms with Gasteiger partial charge in [-0.25, -0.2) is 23.1 Å². The zero-order chi connectivity index (χ0) is 35.8. The number of thioether (sulfide) groups is 1. The second-order valence-corrected chi connectivity index (χ2v) is 15.9. The maximum absolute atomic E-state index is 14.1. The van der Waals surface area contributed by atoms with Crippen molar-refractivity contribution in [2.45, 2.75) is 88.7 Å². The van der Waals surface area contributed by atoms with Crippen LogP contribution in [0.4, 0.5) is 0 Å². The van der Waals surface area contributed by atoms with Crippen molar-refractivity contribution in [2.75, 3.05) is 12.8 Å². The van der Waals surface area contributed by atoms with E-state index in [4.69, 9.17) is 4.74 Å². The van der Waals surface area contributed by atoms with Gasteiger partial charge in [0.2, 0.25) is 10.0 Å². The van der Waals surface area contributed by atoms with E-state index in [1.54, 1.807) is 24.3 Å². The summed E-state index contributed by atoms with van der Waals surface area (Å²) in [6, 6.07) is 17.1. The summed E-state index contributed by atoms with van der Waals surface area (Å²) >= 11 is 1.41. The van der Waals surface area contributed by atoms with Gasteiger partial charge < -0.3 is 10.1 Å². The number of amides is 1. The van der Waals surface area contributed by atoms with Crippen molar-refractivity contribution in [1.82, 2.24) is 34.6 Å². The van der Waals surface area contributed by atoms with Crippen molar-refractivity contribution in [2.24, 2.45) is 0 Å². The summed E-state index contributed by atoms with van der Waals surface area (Å²) in [6.45, 7) is 13.1. The maximum Gasteiger partial charge on any atom is 0.254 e. The monoisotopic (exact) mass is 713 g/mol. The number of carbonyl (C=O) groups excluding carboxylic acids is 1. The maximum atomic E-state index is 14.1. The van der Waals surface area contributed by atoms with E-state index in [2.05, 4.69) is 43.8 Å². The summed E-state index contributed by atoms with van der Waals surface area (Å²) in [5, 5.41) is 12.7. The molecule has 13 heteroatoms. The second kappa shape index (κ2) is 14.1. The molecule has 0 spiro atoms. The summed E-state index contributed by atoms with van der Waals surface area (Å²) in [5.41, 5.74) is 5.93. The standard InChI is InChI=1S/C37H43N7O4S2/c1-8-28-22-43(50(46,47)32-13-11-10-12-31(32)48-28)21-26-18-25(15-14-23(26)3)33(29-16-17-30-34(24(29)4)41-42-44(30)9-2)37(5,6)40-35(45)27-19-38-36(49-7)39-20-27/h10-20,28,33H,8-9,21-22H2,1-7H3,(H,40,45)/t28-,33?/m1/s1. The van der Waals surface area contributed by atoms with Gasteiger partial charge in [-0.3, -0.25) is 4.79 Å². The molecule has 262 valence electrons. The lowest BCUT2D eigenvalue weighted by Crippen LogP contribution is -2.48. The fraction of sp³-hybridized carbons (Fsp3) is 0.378. The van der Waals surface area contributed by atoms with Gasteiger partial charge in [-0.15, -0.1) is 5.10 Å². The van der Waals surface area contributed by atoms with Crippen LogP contribution in [0.15, 0.2) is 77.0 Å². The third kappa shape index (κ3) is 6.73. The molecule has 2 atom stereocenters. The normalized spacial score (nSPS) is 16.7. The molecule has 5 aromatic rings. The molecule has 50 heavy (non-hydrogen) atoms. The van der Waals surface area contributed by atoms with Crippen molar-refractivity contribution in [1.29, 1.82) is 0 Å². The lowest BCUT2D eigenvalue weighted by molar-refractivity contribution is 0.0905. The number of para-hydroxylation sites is 1. The minimum absolute atomic E-state index is 0.164. The summed E-state index contributed by atoms with van der Waals surface area (Å²) in [6.07, 6.45) is 5.32. The van der Waals surface area contributed by atoms with Crippen LogP contribution < -0.4 is 10.1 Å². The molecular formula is C37H43N7O4S2. The number of aromatic nitrogens is 5. The van der Waals surface area contributed by atoms with Crippen LogP contribution in [0, 0.1) is 13.8 Å². The van der Waals surface area contributed by atoms with E-state index in [1.165, 1.54) is 28.5 Å². The number of hydrogen-bond acceptors (Lipinski definition) is 9. The van der Waals surface area contributed by atoms with Crippen LogP contribution in [0.1, 0.15) is 78.2 Å². The highest BCUT2D eigenvalue weighted by atomic mass is 32.2. The number of nitrogens with one attached hydrogen (secondary N) is 1. The molecule has 1 unspecified atom stereocenters. The molecule has 1 aliphatic heterocycles. The number of benzene rings is 3. The number of carbonyl (C=O) groups is 1. The van der Waals surface area contributed by atoms with Gasteiger partial charge in [0.05, 0.1) is 17.6 Å². The van der Waals surface area contributed by atoms with Crippen LogP contribution in [-0.2, 0) is 23.1 Å². The van der Waals surface area contributed by atoms with E-state index >= 15 is 0 Å². The number of ether oxygens (including phenoxy) is 1. The average molecular weight is 714 g/mol. The summed E-state index contributed by atoms with van der Waals surface area (Å²) < 4.78 is 37.7. The quantitative estimate of drug-likeness (QED) is 0.131. The molecule has 1 amide bonds. The van der Waals surface area contributed by atoms with E-state index in [-0.39, 0.29) is 35.9 Å². The Kier molecular flexibility index (Phi) is 10.0. The van der Waals surface area contributed by atoms with Crippen molar-refractivity contribution in [3.05, 3.63) is 100 Å². The molecular weight excluding hydrogens is 671 g/mol. The van der Waals surface area contributed by atoms with E-state index in [0.717, 1.165) is 38.9 Å². The molecule has 0 radical (unpaired) electrons. The van der Waals surface area contributed by atoms with Crippen molar-refractivity contribution in [3.63, 3.8) is 0 Å². The summed E-state index contributed by atoms with van der Waals surface area (Å²) in [4.78, 5) is 22.5. The first-order valence-electron chi connectivity index (χ1n) is 16.7. The molecule has 0 saturated heterocycles. The molecule has 1 aliphatic rings. The Morgan fingerprint density at radius 2 is 1.82 bits per heavy atom. The fourth-order valence-corrected chi connectivity index (χ4v) is 8.61. The third-order valence-electron chi connectivity index (χ3n) is 9.50. The Balaban J connectivity index is 1.44. The van der Waals surface area contributed by atoms with Gasteiger partial charge in [-0.1, -0.05) is 60.3 Å². The smallest absolute Gasteiger partial charge is 0.254 e. The molecule has 0 fully saturated rings. The van der Waals surface area contributed by atoms with Crippen molar-refractivity contribution < 1.29 is 17.9 Å². The highest BCUT2D eigenvalue weighted by molar-refractivity contribution is 7.98. The first-order valence-corrected chi connectivity index (χ1v) is 19.4.